The van der Waals surface area contributed by atoms with Crippen molar-refractivity contribution in [3.05, 3.63) is 39.7 Å². The number of rotatable bonds is 4. The molecule has 0 amide bonds. The molecule has 2 heterocycles. The maximum Gasteiger partial charge on any atom is 0.260 e. The molecule has 2 aromatic rings. The molecule has 2 rings (SSSR count). The van der Waals surface area contributed by atoms with Crippen LogP contribution in [0.3, 0.4) is 0 Å². The number of halogens is 1. The number of nitrogens with one attached hydrogen (secondary N) is 1. The summed E-state index contributed by atoms with van der Waals surface area (Å²) < 4.78 is 26.9. The van der Waals surface area contributed by atoms with Crippen molar-refractivity contribution in [1.29, 1.82) is 0 Å². The molecule has 3 N–H and O–H groups in total. The van der Waals surface area contributed by atoms with Crippen molar-refractivity contribution in [2.45, 2.75) is 11.6 Å². The molecule has 0 aliphatic rings. The number of hydrogen-bond acceptors (Lipinski definition) is 5. The third-order valence-corrected chi connectivity index (χ3v) is 4.73. The number of hydrogen-bond donors (Lipinski definition) is 2. The van der Waals surface area contributed by atoms with E-state index in [9.17, 15) is 8.42 Å². The van der Waals surface area contributed by atoms with Crippen LogP contribution in [0.1, 0.15) is 4.88 Å². The third kappa shape index (κ3) is 2.99. The van der Waals surface area contributed by atoms with Gasteiger partial charge in [-0.1, -0.05) is 11.6 Å². The summed E-state index contributed by atoms with van der Waals surface area (Å²) in [6.45, 7) is 0.162. The molecule has 0 aromatic carbocycles. The lowest BCUT2D eigenvalue weighted by molar-refractivity contribution is 0.578. The van der Waals surface area contributed by atoms with Gasteiger partial charge in [0.1, 0.15) is 0 Å². The lowest BCUT2D eigenvalue weighted by Crippen LogP contribution is -2.24. The Morgan fingerprint density at radius 2 is 2.17 bits per heavy atom. The Balaban J connectivity index is 2.16. The summed E-state index contributed by atoms with van der Waals surface area (Å²) in [7, 11) is -3.70. The largest absolute Gasteiger partial charge is 0.396 e. The number of nitrogens with two attached hydrogens (primary N) is 1. The van der Waals surface area contributed by atoms with E-state index in [0.29, 0.717) is 4.34 Å². The van der Waals surface area contributed by atoms with Crippen molar-refractivity contribution in [3.8, 4) is 0 Å². The van der Waals surface area contributed by atoms with Gasteiger partial charge >= 0.3 is 0 Å². The van der Waals surface area contributed by atoms with Crippen molar-refractivity contribution >= 4 is 38.6 Å². The van der Waals surface area contributed by atoms with E-state index >= 15 is 0 Å². The molecular weight excluding hydrogens is 294 g/mol. The first-order valence-corrected chi connectivity index (χ1v) is 7.61. The lowest BCUT2D eigenvalue weighted by atomic mass is 10.4. The van der Waals surface area contributed by atoms with Crippen molar-refractivity contribution in [2.75, 3.05) is 5.73 Å². The Morgan fingerprint density at radius 1 is 1.39 bits per heavy atom. The maximum atomic E-state index is 12.0. The zero-order chi connectivity index (χ0) is 13.2. The molecule has 0 atom stereocenters. The van der Waals surface area contributed by atoms with Crippen LogP contribution in [0.4, 0.5) is 5.69 Å². The van der Waals surface area contributed by atoms with Gasteiger partial charge in [-0.05, 0) is 24.3 Å². The average molecular weight is 304 g/mol. The van der Waals surface area contributed by atoms with Crippen LogP contribution in [0.2, 0.25) is 4.34 Å². The number of sulfonamides is 1. The number of thiophene rings is 1. The van der Waals surface area contributed by atoms with Crippen LogP contribution in [-0.4, -0.2) is 13.4 Å². The van der Waals surface area contributed by atoms with Gasteiger partial charge in [-0.3, -0.25) is 0 Å². The Morgan fingerprint density at radius 3 is 2.78 bits per heavy atom. The van der Waals surface area contributed by atoms with Crippen LogP contribution in [0.5, 0.6) is 0 Å². The van der Waals surface area contributed by atoms with Crippen LogP contribution < -0.4 is 10.5 Å². The molecule has 2 aromatic heterocycles. The molecular formula is C10H10ClN3O2S2. The molecule has 0 bridgehead atoms. The summed E-state index contributed by atoms with van der Waals surface area (Å²) in [6.07, 6.45) is 1.38. The van der Waals surface area contributed by atoms with E-state index in [1.807, 2.05) is 0 Å². The normalized spacial score (nSPS) is 11.6. The number of anilines is 1. The molecule has 96 valence electrons. The minimum absolute atomic E-state index is 0.120. The summed E-state index contributed by atoms with van der Waals surface area (Å²) in [5.41, 5.74) is 5.70. The van der Waals surface area contributed by atoms with Gasteiger partial charge in [0.25, 0.3) is 10.0 Å². The van der Waals surface area contributed by atoms with Crippen molar-refractivity contribution in [3.63, 3.8) is 0 Å². The van der Waals surface area contributed by atoms with Gasteiger partial charge in [0.15, 0.2) is 5.03 Å². The van der Waals surface area contributed by atoms with Gasteiger partial charge in [-0.15, -0.1) is 11.3 Å². The van der Waals surface area contributed by atoms with Crippen molar-refractivity contribution < 1.29 is 8.42 Å². The first-order chi connectivity index (χ1) is 8.49. The summed E-state index contributed by atoms with van der Waals surface area (Å²) in [5, 5.41) is -0.160. The second kappa shape index (κ2) is 5.23. The molecule has 8 heteroatoms. The molecule has 0 fully saturated rings. The topological polar surface area (TPSA) is 85.1 Å². The quantitative estimate of drug-likeness (QED) is 0.903. The predicted molar refractivity (Wildman–Crippen MR) is 72.0 cm³/mol. The van der Waals surface area contributed by atoms with Crippen LogP contribution in [0.15, 0.2) is 35.5 Å². The first kappa shape index (κ1) is 13.3. The highest BCUT2D eigenvalue weighted by molar-refractivity contribution is 7.89. The monoisotopic (exact) mass is 303 g/mol. The summed E-state index contributed by atoms with van der Waals surface area (Å²) in [6, 6.07) is 6.54. The summed E-state index contributed by atoms with van der Waals surface area (Å²) in [4.78, 5) is 4.59. The van der Waals surface area contributed by atoms with Gasteiger partial charge in [-0.2, -0.15) is 0 Å². The van der Waals surface area contributed by atoms with Gasteiger partial charge in [0, 0.05) is 17.6 Å². The van der Waals surface area contributed by atoms with Gasteiger partial charge in [0.05, 0.1) is 10.0 Å². The number of aromatic nitrogens is 1. The van der Waals surface area contributed by atoms with Gasteiger partial charge in [0.2, 0.25) is 0 Å². The van der Waals surface area contributed by atoms with Crippen molar-refractivity contribution in [2.24, 2.45) is 0 Å². The maximum absolute atomic E-state index is 12.0. The van der Waals surface area contributed by atoms with Crippen LogP contribution in [-0.2, 0) is 16.6 Å². The predicted octanol–water partition coefficient (Wildman–Crippen LogP) is 1.86. The molecule has 0 spiro atoms. The van der Waals surface area contributed by atoms with Crippen LogP contribution in [0, 0.1) is 0 Å². The second-order valence-electron chi connectivity index (χ2n) is 3.43. The zero-order valence-corrected chi connectivity index (χ0v) is 11.5. The lowest BCUT2D eigenvalue weighted by Gasteiger charge is -2.06. The summed E-state index contributed by atoms with van der Waals surface area (Å²) in [5.74, 6) is 0. The standard InChI is InChI=1S/C10H10ClN3O2S2/c11-9-4-3-7(17-9)6-14-18(15,16)10-8(12)2-1-5-13-10/h1-5,14H,6,12H2. The van der Waals surface area contributed by atoms with Gasteiger partial charge < -0.3 is 5.73 Å². The number of nitrogens with zero attached hydrogens (tertiary/aromatic N) is 1. The average Bonchev–Trinajstić information content (AvgIpc) is 2.73. The fourth-order valence-electron chi connectivity index (χ4n) is 1.31. The molecule has 0 saturated heterocycles. The summed E-state index contributed by atoms with van der Waals surface area (Å²) >= 11 is 7.08. The third-order valence-electron chi connectivity index (χ3n) is 2.12. The highest BCUT2D eigenvalue weighted by atomic mass is 35.5. The molecule has 0 saturated carbocycles. The Labute approximate surface area is 114 Å². The highest BCUT2D eigenvalue weighted by Gasteiger charge is 2.18. The van der Waals surface area contributed by atoms with E-state index < -0.39 is 10.0 Å². The Hall–Kier alpha value is -1.15. The number of nitrogen functional groups attached to an aromatic ring is 1. The molecule has 5 nitrogen and oxygen atoms in total. The second-order valence-corrected chi connectivity index (χ2v) is 6.91. The van der Waals surface area contributed by atoms with E-state index in [1.54, 1.807) is 18.2 Å². The van der Waals surface area contributed by atoms with E-state index in [4.69, 9.17) is 17.3 Å². The van der Waals surface area contributed by atoms with E-state index in [2.05, 4.69) is 9.71 Å². The Kier molecular flexibility index (Phi) is 3.86. The fraction of sp³-hybridized carbons (Fsp3) is 0.100. The zero-order valence-electron chi connectivity index (χ0n) is 9.13. The number of pyridine rings is 1. The smallest absolute Gasteiger partial charge is 0.260 e. The Bertz CT molecular complexity index is 655. The minimum Gasteiger partial charge on any atom is -0.396 e. The molecule has 0 unspecified atom stereocenters. The molecule has 18 heavy (non-hydrogen) atoms. The molecule has 0 radical (unpaired) electrons. The fourth-order valence-corrected chi connectivity index (χ4v) is 3.49. The molecule has 0 aliphatic carbocycles. The van der Waals surface area contributed by atoms with Gasteiger partial charge in [-0.25, -0.2) is 18.1 Å². The minimum atomic E-state index is -3.70. The first-order valence-electron chi connectivity index (χ1n) is 4.93. The van der Waals surface area contributed by atoms with Crippen LogP contribution in [0.25, 0.3) is 0 Å². The SMILES string of the molecule is Nc1cccnc1S(=O)(=O)NCc1ccc(Cl)s1. The van der Waals surface area contributed by atoms with E-state index in [1.165, 1.54) is 23.6 Å². The van der Waals surface area contributed by atoms with Crippen LogP contribution >= 0.6 is 22.9 Å². The highest BCUT2D eigenvalue weighted by Crippen LogP contribution is 2.22. The van der Waals surface area contributed by atoms with Crippen molar-refractivity contribution in [1.82, 2.24) is 9.71 Å². The van der Waals surface area contributed by atoms with E-state index in [-0.39, 0.29) is 17.3 Å². The van der Waals surface area contributed by atoms with E-state index in [0.717, 1.165) is 4.88 Å². The molecule has 0 aliphatic heterocycles.